The third-order valence-electron chi connectivity index (χ3n) is 1.36. The summed E-state index contributed by atoms with van der Waals surface area (Å²) in [5.74, 6) is -0.393. The van der Waals surface area contributed by atoms with Crippen molar-refractivity contribution in [1.29, 1.82) is 0 Å². The van der Waals surface area contributed by atoms with Crippen LogP contribution in [0.5, 0.6) is 0 Å². The molecule has 0 aromatic heterocycles. The zero-order chi connectivity index (χ0) is 9.78. The third kappa shape index (κ3) is 3.69. The molecule has 0 spiro atoms. The smallest absolute Gasteiger partial charge is 0.226 e. The average Bonchev–Trinajstić information content (AvgIpc) is 1.97. The second kappa shape index (κ2) is 4.42. The Labute approximate surface area is 72.6 Å². The number of hydrogen-bond donors (Lipinski definition) is 3. The zero-order valence-electron chi connectivity index (χ0n) is 7.37. The fourth-order valence-corrected chi connectivity index (χ4v) is 0.520. The van der Waals surface area contributed by atoms with Crippen LogP contribution in [0.15, 0.2) is 0 Å². The van der Waals surface area contributed by atoms with E-state index in [2.05, 4.69) is 5.32 Å². The molecule has 70 valence electrons. The monoisotopic (exact) mass is 173 g/mol. The highest BCUT2D eigenvalue weighted by Crippen LogP contribution is 2.11. The fourth-order valence-electron chi connectivity index (χ4n) is 0.520. The second-order valence-corrected chi connectivity index (χ2v) is 3.26. The topological polar surface area (TPSA) is 69.6 Å². The van der Waals surface area contributed by atoms with Crippen molar-refractivity contribution in [2.45, 2.75) is 19.9 Å². The summed E-state index contributed by atoms with van der Waals surface area (Å²) < 4.78 is 0. The molecule has 0 saturated carbocycles. The summed E-state index contributed by atoms with van der Waals surface area (Å²) >= 11 is 0. The van der Waals surface area contributed by atoms with Gasteiger partial charge in [-0.2, -0.15) is 0 Å². The quantitative estimate of drug-likeness (QED) is 0.521. The van der Waals surface area contributed by atoms with Crippen LogP contribution in [-0.4, -0.2) is 35.4 Å². The molecule has 4 nitrogen and oxygen atoms in total. The van der Waals surface area contributed by atoms with Crippen LogP contribution < -0.4 is 5.32 Å². The first-order valence-corrected chi connectivity index (χ1v) is 3.73. The number of rotatable bonds is 4. The molecule has 0 fully saturated rings. The summed E-state index contributed by atoms with van der Waals surface area (Å²) in [6.45, 7) is 7.97. The van der Waals surface area contributed by atoms with Crippen LogP contribution in [0, 0.1) is 12.3 Å². The van der Waals surface area contributed by atoms with E-state index < -0.39 is 17.4 Å². The Morgan fingerprint density at radius 3 is 2.17 bits per heavy atom. The molecule has 4 heteroatoms. The Hall–Kier alpha value is -0.610. The Morgan fingerprint density at radius 1 is 1.50 bits per heavy atom. The summed E-state index contributed by atoms with van der Waals surface area (Å²) in [5, 5.41) is 19.6. The van der Waals surface area contributed by atoms with Crippen molar-refractivity contribution >= 4 is 5.91 Å². The van der Waals surface area contributed by atoms with Crippen LogP contribution in [0.1, 0.15) is 13.8 Å². The number of carbonyl (C=O) groups is 1. The lowest BCUT2D eigenvalue weighted by molar-refractivity contribution is -0.128. The summed E-state index contributed by atoms with van der Waals surface area (Å²) in [6.07, 6.45) is 0. The fraction of sp³-hybridized carbons (Fsp3) is 0.750. The van der Waals surface area contributed by atoms with Crippen molar-refractivity contribution in [3.63, 3.8) is 0 Å². The minimum atomic E-state index is -0.984. The number of amides is 1. The van der Waals surface area contributed by atoms with Crippen LogP contribution in [0.2, 0.25) is 0 Å². The van der Waals surface area contributed by atoms with Crippen molar-refractivity contribution in [3.8, 4) is 0 Å². The van der Waals surface area contributed by atoms with Gasteiger partial charge in [-0.3, -0.25) is 4.79 Å². The van der Waals surface area contributed by atoms with Gasteiger partial charge in [-0.25, -0.2) is 0 Å². The van der Waals surface area contributed by atoms with E-state index in [1.807, 2.05) is 0 Å². The summed E-state index contributed by atoms with van der Waals surface area (Å²) in [6, 6.07) is -0.625. The average molecular weight is 173 g/mol. The van der Waals surface area contributed by atoms with Gasteiger partial charge in [0, 0.05) is 5.41 Å². The number of aliphatic hydroxyl groups excluding tert-OH is 2. The molecule has 0 bridgehead atoms. The molecule has 3 N–H and O–H groups in total. The number of carbonyl (C=O) groups excluding carboxylic acids is 1. The van der Waals surface area contributed by atoms with E-state index in [0.29, 0.717) is 0 Å². The summed E-state index contributed by atoms with van der Waals surface area (Å²) in [7, 11) is 0. The van der Waals surface area contributed by atoms with Crippen LogP contribution in [0.25, 0.3) is 0 Å². The van der Waals surface area contributed by atoms with Gasteiger partial charge in [0.15, 0.2) is 0 Å². The van der Waals surface area contributed by atoms with Gasteiger partial charge in [0.05, 0.1) is 19.3 Å². The van der Waals surface area contributed by atoms with E-state index in [-0.39, 0.29) is 13.2 Å². The van der Waals surface area contributed by atoms with Gasteiger partial charge < -0.3 is 15.5 Å². The molecular formula is C8H15NO3. The maximum atomic E-state index is 11.1. The Kier molecular flexibility index (Phi) is 4.20. The van der Waals surface area contributed by atoms with E-state index >= 15 is 0 Å². The normalized spacial score (nSPS) is 11.8. The van der Waals surface area contributed by atoms with Gasteiger partial charge in [-0.05, 0) is 6.92 Å². The minimum absolute atomic E-state index is 0.293. The highest BCUT2D eigenvalue weighted by Gasteiger charge is 2.23. The van der Waals surface area contributed by atoms with E-state index in [0.717, 1.165) is 0 Å². The summed E-state index contributed by atoms with van der Waals surface area (Å²) in [5.41, 5.74) is -0.984. The molecule has 1 amide bonds. The first-order valence-electron chi connectivity index (χ1n) is 3.73. The van der Waals surface area contributed by atoms with E-state index in [1.54, 1.807) is 13.8 Å². The molecule has 0 aliphatic rings. The van der Waals surface area contributed by atoms with E-state index in [1.165, 1.54) is 0 Å². The van der Waals surface area contributed by atoms with Crippen LogP contribution in [0.3, 0.4) is 0 Å². The minimum Gasteiger partial charge on any atom is -0.394 e. The van der Waals surface area contributed by atoms with Gasteiger partial charge in [-0.1, -0.05) is 13.8 Å². The number of hydrogen-bond acceptors (Lipinski definition) is 3. The van der Waals surface area contributed by atoms with Crippen molar-refractivity contribution in [2.24, 2.45) is 5.41 Å². The van der Waals surface area contributed by atoms with E-state index in [4.69, 9.17) is 17.1 Å². The Bertz CT molecular complexity index is 147. The molecule has 0 aliphatic carbocycles. The number of aliphatic hydroxyl groups is 2. The lowest BCUT2D eigenvalue weighted by atomic mass is 9.95. The van der Waals surface area contributed by atoms with Crippen LogP contribution in [0.4, 0.5) is 0 Å². The maximum absolute atomic E-state index is 11.1. The largest absolute Gasteiger partial charge is 0.394 e. The summed E-state index contributed by atoms with van der Waals surface area (Å²) in [4.78, 5) is 11.1. The van der Waals surface area contributed by atoms with Gasteiger partial charge in [-0.15, -0.1) is 0 Å². The van der Waals surface area contributed by atoms with Crippen molar-refractivity contribution in [2.75, 3.05) is 13.2 Å². The molecule has 0 saturated heterocycles. The van der Waals surface area contributed by atoms with E-state index in [9.17, 15) is 4.79 Å². The highest BCUT2D eigenvalue weighted by molar-refractivity contribution is 5.82. The lowest BCUT2D eigenvalue weighted by Gasteiger charge is -2.21. The Balaban J connectivity index is 3.99. The lowest BCUT2D eigenvalue weighted by Crippen LogP contribution is -2.45. The van der Waals surface area contributed by atoms with Gasteiger partial charge in [0.2, 0.25) is 5.91 Å². The first kappa shape index (κ1) is 11.4. The van der Waals surface area contributed by atoms with Gasteiger partial charge in [0.1, 0.15) is 0 Å². The van der Waals surface area contributed by atoms with Crippen molar-refractivity contribution in [3.05, 3.63) is 6.92 Å². The molecule has 0 heterocycles. The molecular weight excluding hydrogens is 158 g/mol. The van der Waals surface area contributed by atoms with Crippen molar-refractivity contribution < 1.29 is 15.0 Å². The predicted octanol–water partition coefficient (Wildman–Crippen LogP) is -0.807. The standard InChI is InChI=1S/C8H15NO3/c1-8(2,3)7(12)9-6(4-10)5-11/h1,6,10-11H,4-5H2,2-3H3,(H,9,12). The maximum Gasteiger partial charge on any atom is 0.226 e. The number of nitrogens with one attached hydrogen (secondary N) is 1. The van der Waals surface area contributed by atoms with Crippen molar-refractivity contribution in [1.82, 2.24) is 5.32 Å². The van der Waals surface area contributed by atoms with Crippen LogP contribution in [-0.2, 0) is 4.79 Å². The van der Waals surface area contributed by atoms with Gasteiger partial charge >= 0.3 is 0 Å². The molecule has 0 aliphatic heterocycles. The molecule has 2 radical (unpaired) electrons. The molecule has 0 aromatic rings. The molecule has 0 aromatic carbocycles. The van der Waals surface area contributed by atoms with Gasteiger partial charge in [0.25, 0.3) is 0 Å². The molecule has 0 atom stereocenters. The zero-order valence-corrected chi connectivity index (χ0v) is 7.37. The predicted molar refractivity (Wildman–Crippen MR) is 44.2 cm³/mol. The molecule has 0 unspecified atom stereocenters. The first-order chi connectivity index (χ1) is 5.41. The molecule has 0 rings (SSSR count). The molecule has 12 heavy (non-hydrogen) atoms. The Morgan fingerprint density at radius 2 is 1.92 bits per heavy atom. The third-order valence-corrected chi connectivity index (χ3v) is 1.36. The second-order valence-electron chi connectivity index (χ2n) is 3.26. The SMILES string of the molecule is [CH]C(C)(C)C(=O)NC(CO)CO. The highest BCUT2D eigenvalue weighted by atomic mass is 16.3. The van der Waals surface area contributed by atoms with Crippen LogP contribution >= 0.6 is 0 Å².